The van der Waals surface area contributed by atoms with Gasteiger partial charge in [-0.15, -0.1) is 11.3 Å². The first-order valence-corrected chi connectivity index (χ1v) is 8.77. The van der Waals surface area contributed by atoms with Crippen molar-refractivity contribution in [3.63, 3.8) is 0 Å². The first kappa shape index (κ1) is 16.5. The Balaban J connectivity index is 2.06. The molecule has 2 nitrogen and oxygen atoms in total. The predicted molar refractivity (Wildman–Crippen MR) is 94.2 cm³/mol. The first-order chi connectivity index (χ1) is 9.95. The van der Waals surface area contributed by atoms with E-state index in [1.54, 1.807) is 11.3 Å². The highest BCUT2D eigenvalue weighted by Gasteiger charge is 2.08. The van der Waals surface area contributed by atoms with Gasteiger partial charge in [0.1, 0.15) is 12.4 Å². The van der Waals surface area contributed by atoms with Crippen molar-refractivity contribution in [1.82, 2.24) is 5.32 Å². The van der Waals surface area contributed by atoms with Crippen LogP contribution in [0, 0.1) is 13.8 Å². The molecule has 0 aliphatic heterocycles. The Labute approximate surface area is 139 Å². The standard InChI is InChI=1S/C17H22BrNOS/c1-11(2)19-9-14-7-12(3)17(13(4)8-14)20-10-15-5-6-16(18)21-15/h5-8,11,19H,9-10H2,1-4H3. The Hall–Kier alpha value is -0.840. The first-order valence-electron chi connectivity index (χ1n) is 7.16. The summed E-state index contributed by atoms with van der Waals surface area (Å²) in [5.41, 5.74) is 3.71. The third-order valence-corrected chi connectivity index (χ3v) is 4.82. The van der Waals surface area contributed by atoms with Gasteiger partial charge >= 0.3 is 0 Å². The van der Waals surface area contributed by atoms with E-state index in [1.807, 2.05) is 0 Å². The molecular weight excluding hydrogens is 346 g/mol. The van der Waals surface area contributed by atoms with Gasteiger partial charge in [0.05, 0.1) is 3.79 Å². The molecule has 0 saturated carbocycles. The monoisotopic (exact) mass is 367 g/mol. The number of nitrogens with one attached hydrogen (secondary N) is 1. The van der Waals surface area contributed by atoms with E-state index in [0.29, 0.717) is 12.6 Å². The van der Waals surface area contributed by atoms with Crippen LogP contribution in [0.2, 0.25) is 0 Å². The van der Waals surface area contributed by atoms with Gasteiger partial charge in [-0.05, 0) is 58.6 Å². The van der Waals surface area contributed by atoms with Crippen LogP contribution >= 0.6 is 27.3 Å². The van der Waals surface area contributed by atoms with Crippen LogP contribution in [0.3, 0.4) is 0 Å². The van der Waals surface area contributed by atoms with Gasteiger partial charge in [-0.25, -0.2) is 0 Å². The third kappa shape index (κ3) is 4.83. The molecule has 1 N–H and O–H groups in total. The summed E-state index contributed by atoms with van der Waals surface area (Å²) in [6.45, 7) is 10.1. The Morgan fingerprint density at radius 3 is 2.38 bits per heavy atom. The summed E-state index contributed by atoms with van der Waals surface area (Å²) in [7, 11) is 0. The van der Waals surface area contributed by atoms with Crippen LogP contribution in [0.1, 0.15) is 35.4 Å². The number of hydrogen-bond donors (Lipinski definition) is 1. The van der Waals surface area contributed by atoms with Gasteiger partial charge < -0.3 is 10.1 Å². The molecule has 0 atom stereocenters. The van der Waals surface area contributed by atoms with Crippen molar-refractivity contribution in [1.29, 1.82) is 0 Å². The fraction of sp³-hybridized carbons (Fsp3) is 0.412. The van der Waals surface area contributed by atoms with E-state index >= 15 is 0 Å². The topological polar surface area (TPSA) is 21.3 Å². The SMILES string of the molecule is Cc1cc(CNC(C)C)cc(C)c1OCc1ccc(Br)s1. The molecule has 0 bridgehead atoms. The maximum absolute atomic E-state index is 6.02. The average molecular weight is 368 g/mol. The van der Waals surface area contributed by atoms with Crippen molar-refractivity contribution in [3.8, 4) is 5.75 Å². The highest BCUT2D eigenvalue weighted by atomic mass is 79.9. The van der Waals surface area contributed by atoms with Crippen LogP contribution in [0.25, 0.3) is 0 Å². The molecule has 0 fully saturated rings. The van der Waals surface area contributed by atoms with Crippen molar-refractivity contribution in [2.45, 2.75) is 46.9 Å². The number of aryl methyl sites for hydroxylation is 2. The lowest BCUT2D eigenvalue weighted by molar-refractivity contribution is 0.305. The summed E-state index contributed by atoms with van der Waals surface area (Å²) < 4.78 is 7.16. The fourth-order valence-corrected chi connectivity index (χ4v) is 3.66. The van der Waals surface area contributed by atoms with Crippen LogP contribution in [0.15, 0.2) is 28.1 Å². The molecular formula is C17H22BrNOS. The summed E-state index contributed by atoms with van der Waals surface area (Å²) in [5.74, 6) is 1.01. The summed E-state index contributed by atoms with van der Waals surface area (Å²) in [6.07, 6.45) is 0. The molecule has 0 spiro atoms. The second-order valence-corrected chi connectivity index (χ2v) is 8.14. The second kappa shape index (κ2) is 7.43. The van der Waals surface area contributed by atoms with E-state index < -0.39 is 0 Å². The van der Waals surface area contributed by atoms with Crippen molar-refractivity contribution in [3.05, 3.63) is 49.6 Å². The molecule has 0 amide bonds. The number of ether oxygens (including phenoxy) is 1. The van der Waals surface area contributed by atoms with Gasteiger partial charge in [0.25, 0.3) is 0 Å². The second-order valence-electron chi connectivity index (χ2n) is 5.59. The zero-order chi connectivity index (χ0) is 15.4. The van der Waals surface area contributed by atoms with Crippen molar-refractivity contribution >= 4 is 27.3 Å². The number of thiophene rings is 1. The van der Waals surface area contributed by atoms with Crippen LogP contribution < -0.4 is 10.1 Å². The molecule has 2 rings (SSSR count). The van der Waals surface area contributed by atoms with Crippen LogP contribution in [0.5, 0.6) is 5.75 Å². The molecule has 0 radical (unpaired) electrons. The van der Waals surface area contributed by atoms with E-state index in [2.05, 4.69) is 73.2 Å². The molecule has 1 aromatic carbocycles. The van der Waals surface area contributed by atoms with Gasteiger partial charge in [-0.3, -0.25) is 0 Å². The smallest absolute Gasteiger partial charge is 0.125 e. The quantitative estimate of drug-likeness (QED) is 0.756. The molecule has 2 aromatic rings. The van der Waals surface area contributed by atoms with Crippen LogP contribution in [-0.2, 0) is 13.2 Å². The van der Waals surface area contributed by atoms with Gasteiger partial charge in [0.2, 0.25) is 0 Å². The maximum atomic E-state index is 6.02. The molecule has 0 unspecified atom stereocenters. The number of halogens is 1. The Morgan fingerprint density at radius 2 is 1.86 bits per heavy atom. The molecule has 0 saturated heterocycles. The average Bonchev–Trinajstić information content (AvgIpc) is 2.81. The third-order valence-electron chi connectivity index (χ3n) is 3.22. The maximum Gasteiger partial charge on any atom is 0.125 e. The largest absolute Gasteiger partial charge is 0.488 e. The molecule has 1 heterocycles. The van der Waals surface area contributed by atoms with Gasteiger partial charge in [-0.2, -0.15) is 0 Å². The molecule has 0 aliphatic carbocycles. The normalized spacial score (nSPS) is 11.1. The predicted octanol–water partition coefficient (Wildman–Crippen LogP) is 5.20. The van der Waals surface area contributed by atoms with Crippen LogP contribution in [0.4, 0.5) is 0 Å². The minimum Gasteiger partial charge on any atom is -0.488 e. The lowest BCUT2D eigenvalue weighted by atomic mass is 10.1. The Morgan fingerprint density at radius 1 is 1.19 bits per heavy atom. The fourth-order valence-electron chi connectivity index (χ4n) is 2.26. The van der Waals surface area contributed by atoms with E-state index in [1.165, 1.54) is 21.6 Å². The van der Waals surface area contributed by atoms with E-state index in [9.17, 15) is 0 Å². The van der Waals surface area contributed by atoms with Crippen molar-refractivity contribution < 1.29 is 4.74 Å². The van der Waals surface area contributed by atoms with Crippen molar-refractivity contribution in [2.75, 3.05) is 0 Å². The summed E-state index contributed by atoms with van der Waals surface area (Å²) >= 11 is 5.20. The van der Waals surface area contributed by atoms with Gasteiger partial charge in [0, 0.05) is 17.5 Å². The minimum absolute atomic E-state index is 0.499. The highest BCUT2D eigenvalue weighted by Crippen LogP contribution is 2.28. The van der Waals surface area contributed by atoms with Gasteiger partial charge in [-0.1, -0.05) is 26.0 Å². The van der Waals surface area contributed by atoms with E-state index in [-0.39, 0.29) is 0 Å². The summed E-state index contributed by atoms with van der Waals surface area (Å²) in [4.78, 5) is 1.23. The Bertz CT molecular complexity index is 584. The highest BCUT2D eigenvalue weighted by molar-refractivity contribution is 9.11. The molecule has 0 aliphatic rings. The molecule has 114 valence electrons. The molecule has 1 aromatic heterocycles. The zero-order valence-corrected chi connectivity index (χ0v) is 15.4. The lowest BCUT2D eigenvalue weighted by Crippen LogP contribution is -2.21. The van der Waals surface area contributed by atoms with Crippen LogP contribution in [-0.4, -0.2) is 6.04 Å². The van der Waals surface area contributed by atoms with E-state index in [0.717, 1.165) is 16.1 Å². The zero-order valence-electron chi connectivity index (χ0n) is 13.0. The number of rotatable bonds is 6. The summed E-state index contributed by atoms with van der Waals surface area (Å²) in [5, 5.41) is 3.45. The van der Waals surface area contributed by atoms with Gasteiger partial charge in [0.15, 0.2) is 0 Å². The molecule has 21 heavy (non-hydrogen) atoms. The Kier molecular flexibility index (Phi) is 5.85. The molecule has 4 heteroatoms. The number of hydrogen-bond acceptors (Lipinski definition) is 3. The van der Waals surface area contributed by atoms with E-state index in [4.69, 9.17) is 4.74 Å². The van der Waals surface area contributed by atoms with Crippen molar-refractivity contribution in [2.24, 2.45) is 0 Å². The minimum atomic E-state index is 0.499. The number of benzene rings is 1. The lowest BCUT2D eigenvalue weighted by Gasteiger charge is -2.15. The summed E-state index contributed by atoms with van der Waals surface area (Å²) in [6, 6.07) is 9.08.